The van der Waals surface area contributed by atoms with Gasteiger partial charge in [-0.3, -0.25) is 9.59 Å². The van der Waals surface area contributed by atoms with Crippen LogP contribution in [0, 0.1) is 0 Å². The van der Waals surface area contributed by atoms with Crippen molar-refractivity contribution in [3.63, 3.8) is 0 Å². The van der Waals surface area contributed by atoms with Gasteiger partial charge in [0.05, 0.1) is 37.6 Å². The smallest absolute Gasteiger partial charge is 0.305 e. The molecule has 0 aromatic heterocycles. The summed E-state index contributed by atoms with van der Waals surface area (Å²) in [7, 11) is 1.40. The molecule has 2 heterocycles. The quantitative estimate of drug-likeness (QED) is 0.188. The van der Waals surface area contributed by atoms with Crippen LogP contribution < -0.4 is 0 Å². The molecule has 2 aliphatic heterocycles. The first-order chi connectivity index (χ1) is 13.1. The number of epoxide rings is 2. The maximum absolute atomic E-state index is 11.0. The maximum atomic E-state index is 11.0. The molecule has 1 N–H and O–H groups in total. The summed E-state index contributed by atoms with van der Waals surface area (Å²) in [5.41, 5.74) is 0. The highest BCUT2D eigenvalue weighted by molar-refractivity contribution is 5.68. The van der Waals surface area contributed by atoms with Gasteiger partial charge in [0.1, 0.15) is 6.10 Å². The Morgan fingerprint density at radius 2 is 1.74 bits per heavy atom. The number of carbonyl (C=O) groups is 2. The van der Waals surface area contributed by atoms with Crippen molar-refractivity contribution in [2.75, 3.05) is 7.11 Å². The summed E-state index contributed by atoms with van der Waals surface area (Å²) < 4.78 is 20.9. The standard InChI is InChI=1S/C20H34O7/c1-3-15-17(26-15)12-19-18(27-19)11-16(25-13-21)14(22)9-7-5-4-6-8-10-20(23)24-2/h13-19,22H,3-12H2,1-2H3. The molecular weight excluding hydrogens is 352 g/mol. The highest BCUT2D eigenvalue weighted by atomic mass is 16.6. The van der Waals surface area contributed by atoms with Crippen LogP contribution in [0.1, 0.15) is 71.1 Å². The Hall–Kier alpha value is -1.18. The number of aliphatic hydroxyl groups excluding tert-OH is 1. The van der Waals surface area contributed by atoms with Crippen LogP contribution in [-0.2, 0) is 28.5 Å². The van der Waals surface area contributed by atoms with E-state index < -0.39 is 12.2 Å². The Labute approximate surface area is 161 Å². The SMILES string of the molecule is CCC1OC1CC1OC1CC(OC=O)C(O)CCCCCCCC(=O)OC. The van der Waals surface area contributed by atoms with E-state index in [1.807, 2.05) is 0 Å². The van der Waals surface area contributed by atoms with E-state index in [4.69, 9.17) is 14.2 Å². The average molecular weight is 386 g/mol. The molecular formula is C20H34O7. The molecule has 0 aromatic rings. The van der Waals surface area contributed by atoms with Crippen LogP contribution in [0.15, 0.2) is 0 Å². The van der Waals surface area contributed by atoms with Gasteiger partial charge in [-0.1, -0.05) is 32.6 Å². The lowest BCUT2D eigenvalue weighted by Crippen LogP contribution is -2.30. The third-order valence-electron chi connectivity index (χ3n) is 5.47. The minimum Gasteiger partial charge on any atom is -0.469 e. The van der Waals surface area contributed by atoms with Crippen molar-refractivity contribution >= 4 is 12.4 Å². The molecule has 0 radical (unpaired) electrons. The molecule has 27 heavy (non-hydrogen) atoms. The van der Waals surface area contributed by atoms with E-state index in [2.05, 4.69) is 11.7 Å². The van der Waals surface area contributed by atoms with Crippen LogP contribution in [0.3, 0.4) is 0 Å². The Morgan fingerprint density at radius 1 is 1.07 bits per heavy atom. The van der Waals surface area contributed by atoms with Crippen molar-refractivity contribution in [2.45, 2.75) is 108 Å². The Bertz CT molecular complexity index is 456. The first-order valence-corrected chi connectivity index (χ1v) is 10.2. The van der Waals surface area contributed by atoms with Gasteiger partial charge in [-0.2, -0.15) is 0 Å². The van der Waals surface area contributed by atoms with E-state index in [9.17, 15) is 14.7 Å². The number of methoxy groups -OCH3 is 1. The highest BCUT2D eigenvalue weighted by Gasteiger charge is 2.48. The monoisotopic (exact) mass is 386 g/mol. The zero-order chi connectivity index (χ0) is 19.6. The summed E-state index contributed by atoms with van der Waals surface area (Å²) in [6.07, 6.45) is 7.85. The van der Waals surface area contributed by atoms with Crippen LogP contribution in [0.4, 0.5) is 0 Å². The third-order valence-corrected chi connectivity index (χ3v) is 5.47. The number of unbranched alkanes of at least 4 members (excludes halogenated alkanes) is 4. The number of hydrogen-bond donors (Lipinski definition) is 1. The third kappa shape index (κ3) is 8.15. The first-order valence-electron chi connectivity index (χ1n) is 10.2. The summed E-state index contributed by atoms with van der Waals surface area (Å²) >= 11 is 0. The fourth-order valence-electron chi connectivity index (χ4n) is 3.61. The molecule has 0 bridgehead atoms. The van der Waals surface area contributed by atoms with Gasteiger partial charge in [0.2, 0.25) is 0 Å². The first kappa shape index (κ1) is 22.1. The van der Waals surface area contributed by atoms with Crippen molar-refractivity contribution in [3.05, 3.63) is 0 Å². The van der Waals surface area contributed by atoms with Crippen LogP contribution >= 0.6 is 0 Å². The van der Waals surface area contributed by atoms with Gasteiger partial charge < -0.3 is 24.1 Å². The van der Waals surface area contributed by atoms with Crippen molar-refractivity contribution in [3.8, 4) is 0 Å². The largest absolute Gasteiger partial charge is 0.469 e. The minimum atomic E-state index is -0.671. The lowest BCUT2D eigenvalue weighted by atomic mass is 9.99. The van der Waals surface area contributed by atoms with E-state index in [1.165, 1.54) is 7.11 Å². The number of carbonyl (C=O) groups excluding carboxylic acids is 2. The van der Waals surface area contributed by atoms with Gasteiger partial charge in [-0.15, -0.1) is 0 Å². The fraction of sp³-hybridized carbons (Fsp3) is 0.900. The number of ether oxygens (including phenoxy) is 4. The Balaban J connectivity index is 1.54. The average Bonchev–Trinajstić information content (AvgIpc) is 3.58. The molecule has 0 amide bonds. The molecule has 2 rings (SSSR count). The van der Waals surface area contributed by atoms with Gasteiger partial charge in [0, 0.05) is 19.3 Å². The van der Waals surface area contributed by atoms with E-state index in [0.29, 0.717) is 37.9 Å². The van der Waals surface area contributed by atoms with Gasteiger partial charge in [0.25, 0.3) is 6.47 Å². The molecule has 2 fully saturated rings. The number of rotatable bonds is 16. The van der Waals surface area contributed by atoms with Gasteiger partial charge in [-0.05, 0) is 19.3 Å². The minimum absolute atomic E-state index is 0.0460. The zero-order valence-corrected chi connectivity index (χ0v) is 16.5. The Kier molecular flexibility index (Phi) is 9.51. The molecule has 156 valence electrons. The summed E-state index contributed by atoms with van der Waals surface area (Å²) in [5.74, 6) is -0.168. The second-order valence-electron chi connectivity index (χ2n) is 7.53. The van der Waals surface area contributed by atoms with E-state index in [-0.39, 0.29) is 18.2 Å². The number of aliphatic hydroxyl groups is 1. The predicted octanol–water partition coefficient (Wildman–Crippen LogP) is 2.52. The van der Waals surface area contributed by atoms with E-state index in [1.54, 1.807) is 0 Å². The lowest BCUT2D eigenvalue weighted by Gasteiger charge is -2.20. The fourth-order valence-corrected chi connectivity index (χ4v) is 3.61. The van der Waals surface area contributed by atoms with Crippen molar-refractivity contribution in [1.82, 2.24) is 0 Å². The van der Waals surface area contributed by atoms with Crippen molar-refractivity contribution < 1.29 is 33.6 Å². The normalized spacial score (nSPS) is 28.3. The van der Waals surface area contributed by atoms with E-state index >= 15 is 0 Å². The van der Waals surface area contributed by atoms with Crippen LogP contribution in [0.5, 0.6) is 0 Å². The molecule has 0 aromatic carbocycles. The molecule has 6 atom stereocenters. The van der Waals surface area contributed by atoms with Gasteiger partial charge in [-0.25, -0.2) is 0 Å². The van der Waals surface area contributed by atoms with Crippen LogP contribution in [0.25, 0.3) is 0 Å². The molecule has 7 heteroatoms. The molecule has 7 nitrogen and oxygen atoms in total. The van der Waals surface area contributed by atoms with Crippen molar-refractivity contribution in [1.29, 1.82) is 0 Å². The number of hydrogen-bond acceptors (Lipinski definition) is 7. The summed E-state index contributed by atoms with van der Waals surface area (Å²) in [6, 6.07) is 0. The summed E-state index contributed by atoms with van der Waals surface area (Å²) in [6.45, 7) is 2.52. The van der Waals surface area contributed by atoms with Gasteiger partial charge >= 0.3 is 5.97 Å². The second-order valence-corrected chi connectivity index (χ2v) is 7.53. The van der Waals surface area contributed by atoms with Crippen LogP contribution in [-0.4, -0.2) is 61.3 Å². The second kappa shape index (κ2) is 11.6. The topological polar surface area (TPSA) is 97.9 Å². The molecule has 2 saturated heterocycles. The summed E-state index contributed by atoms with van der Waals surface area (Å²) in [4.78, 5) is 21.8. The number of esters is 1. The molecule has 0 saturated carbocycles. The summed E-state index contributed by atoms with van der Waals surface area (Å²) in [5, 5.41) is 10.4. The van der Waals surface area contributed by atoms with Crippen molar-refractivity contribution in [2.24, 2.45) is 0 Å². The maximum Gasteiger partial charge on any atom is 0.305 e. The predicted molar refractivity (Wildman–Crippen MR) is 98.1 cm³/mol. The Morgan fingerprint density at radius 3 is 2.41 bits per heavy atom. The van der Waals surface area contributed by atoms with E-state index in [0.717, 1.165) is 44.9 Å². The molecule has 2 aliphatic rings. The lowest BCUT2D eigenvalue weighted by molar-refractivity contribution is -0.141. The van der Waals surface area contributed by atoms with Gasteiger partial charge in [0.15, 0.2) is 0 Å². The zero-order valence-electron chi connectivity index (χ0n) is 16.5. The highest BCUT2D eigenvalue weighted by Crippen LogP contribution is 2.38. The molecule has 0 spiro atoms. The molecule has 0 aliphatic carbocycles. The molecule has 6 unspecified atom stereocenters. The van der Waals surface area contributed by atoms with Crippen LogP contribution in [0.2, 0.25) is 0 Å².